The maximum atomic E-state index is 12.2. The topological polar surface area (TPSA) is 79.8 Å². The Hall–Kier alpha value is -2.28. The first kappa shape index (κ1) is 16.1. The summed E-state index contributed by atoms with van der Waals surface area (Å²) in [6, 6.07) is 4.44. The maximum absolute atomic E-state index is 12.2. The molecular formula is C15H18N2O4S. The highest BCUT2D eigenvalue weighted by Gasteiger charge is 2.31. The molecule has 3 N–H and O–H groups in total. The molecule has 0 fully saturated rings. The average molecular weight is 322 g/mol. The first-order valence-electron chi connectivity index (χ1n) is 6.80. The minimum absolute atomic E-state index is 0.00730. The number of ether oxygens (including phenoxy) is 2. The summed E-state index contributed by atoms with van der Waals surface area (Å²) in [6.45, 7) is 3.78. The van der Waals surface area contributed by atoms with Gasteiger partial charge in [0.05, 0.1) is 25.3 Å². The van der Waals surface area contributed by atoms with Gasteiger partial charge in [-0.3, -0.25) is 0 Å². The first-order valence-corrected chi connectivity index (χ1v) is 7.21. The van der Waals surface area contributed by atoms with Crippen molar-refractivity contribution in [1.82, 2.24) is 10.6 Å². The van der Waals surface area contributed by atoms with E-state index in [-0.39, 0.29) is 12.4 Å². The largest absolute Gasteiger partial charge is 0.504 e. The highest BCUT2D eigenvalue weighted by molar-refractivity contribution is 7.80. The summed E-state index contributed by atoms with van der Waals surface area (Å²) in [5.74, 6) is -0.0754. The zero-order valence-electron chi connectivity index (χ0n) is 12.6. The van der Waals surface area contributed by atoms with Crippen LogP contribution in [0.5, 0.6) is 11.5 Å². The number of esters is 1. The van der Waals surface area contributed by atoms with Gasteiger partial charge in [0.2, 0.25) is 0 Å². The molecule has 0 radical (unpaired) electrons. The number of carbonyl (C=O) groups is 1. The van der Waals surface area contributed by atoms with E-state index in [4.69, 9.17) is 21.7 Å². The number of methoxy groups -OCH3 is 1. The lowest BCUT2D eigenvalue weighted by atomic mass is 9.95. The summed E-state index contributed by atoms with van der Waals surface area (Å²) in [4.78, 5) is 12.2. The van der Waals surface area contributed by atoms with Crippen molar-refractivity contribution in [2.45, 2.75) is 19.9 Å². The van der Waals surface area contributed by atoms with E-state index in [0.29, 0.717) is 27.7 Å². The van der Waals surface area contributed by atoms with Crippen molar-refractivity contribution < 1.29 is 19.4 Å². The van der Waals surface area contributed by atoms with Crippen molar-refractivity contribution in [1.29, 1.82) is 0 Å². The van der Waals surface area contributed by atoms with E-state index in [1.54, 1.807) is 26.0 Å². The number of benzene rings is 1. The van der Waals surface area contributed by atoms with Gasteiger partial charge in [0.1, 0.15) is 0 Å². The molecule has 0 saturated heterocycles. The predicted molar refractivity (Wildman–Crippen MR) is 85.6 cm³/mol. The molecule has 1 unspecified atom stereocenters. The molecular weight excluding hydrogens is 304 g/mol. The van der Waals surface area contributed by atoms with Gasteiger partial charge in [-0.15, -0.1) is 0 Å². The van der Waals surface area contributed by atoms with Crippen LogP contribution in [-0.4, -0.2) is 29.9 Å². The van der Waals surface area contributed by atoms with E-state index in [0.717, 1.165) is 0 Å². The summed E-state index contributed by atoms with van der Waals surface area (Å²) in [7, 11) is 1.47. The summed E-state index contributed by atoms with van der Waals surface area (Å²) >= 11 is 5.15. The van der Waals surface area contributed by atoms with E-state index in [9.17, 15) is 9.90 Å². The van der Waals surface area contributed by atoms with Gasteiger partial charge in [0, 0.05) is 5.70 Å². The minimum atomic E-state index is -0.496. The molecule has 6 nitrogen and oxygen atoms in total. The quantitative estimate of drug-likeness (QED) is 0.576. The molecule has 0 aliphatic carbocycles. The molecule has 0 aromatic heterocycles. The smallest absolute Gasteiger partial charge is 0.338 e. The third-order valence-corrected chi connectivity index (χ3v) is 3.52. The molecule has 22 heavy (non-hydrogen) atoms. The van der Waals surface area contributed by atoms with E-state index in [2.05, 4.69) is 10.6 Å². The second kappa shape index (κ2) is 6.65. The Balaban J connectivity index is 2.45. The number of thiocarbonyl (C=S) groups is 1. The van der Waals surface area contributed by atoms with E-state index in [1.165, 1.54) is 13.2 Å². The second-order valence-electron chi connectivity index (χ2n) is 4.72. The van der Waals surface area contributed by atoms with Crippen molar-refractivity contribution in [3.8, 4) is 11.5 Å². The summed E-state index contributed by atoms with van der Waals surface area (Å²) in [5, 5.41) is 16.3. The van der Waals surface area contributed by atoms with Crippen LogP contribution in [0.25, 0.3) is 0 Å². The van der Waals surface area contributed by atoms with Crippen LogP contribution in [0.2, 0.25) is 0 Å². The van der Waals surface area contributed by atoms with Gasteiger partial charge >= 0.3 is 5.97 Å². The summed E-state index contributed by atoms with van der Waals surface area (Å²) < 4.78 is 10.1. The summed E-state index contributed by atoms with van der Waals surface area (Å²) in [5.41, 5.74) is 1.74. The van der Waals surface area contributed by atoms with Crippen molar-refractivity contribution >= 4 is 23.3 Å². The molecule has 118 valence electrons. The van der Waals surface area contributed by atoms with Crippen molar-refractivity contribution in [3.63, 3.8) is 0 Å². The standard InChI is InChI=1S/C15H18N2O4S/c1-4-21-14(19)12-8(2)16-15(22)17-13(12)9-5-6-11(20-3)10(18)7-9/h5-7,13,18H,4H2,1-3H3,(H2,16,17,22). The molecule has 0 saturated carbocycles. The van der Waals surface area contributed by atoms with E-state index in [1.807, 2.05) is 0 Å². The normalized spacial score (nSPS) is 17.6. The molecule has 1 aromatic carbocycles. The molecule has 0 spiro atoms. The number of rotatable bonds is 4. The lowest BCUT2D eigenvalue weighted by Gasteiger charge is -2.30. The molecule has 1 atom stereocenters. The zero-order chi connectivity index (χ0) is 16.3. The number of hydrogen-bond donors (Lipinski definition) is 3. The Morgan fingerprint density at radius 1 is 1.45 bits per heavy atom. The summed E-state index contributed by atoms with van der Waals surface area (Å²) in [6.07, 6.45) is 0. The molecule has 0 bridgehead atoms. The molecule has 1 heterocycles. The molecule has 1 aliphatic rings. The minimum Gasteiger partial charge on any atom is -0.504 e. The predicted octanol–water partition coefficient (Wildman–Crippen LogP) is 1.76. The maximum Gasteiger partial charge on any atom is 0.338 e. The molecule has 1 aromatic rings. The van der Waals surface area contributed by atoms with E-state index >= 15 is 0 Å². The lowest BCUT2D eigenvalue weighted by molar-refractivity contribution is -0.139. The monoisotopic (exact) mass is 322 g/mol. The Kier molecular flexibility index (Phi) is 4.87. The molecule has 2 rings (SSSR count). The lowest BCUT2D eigenvalue weighted by Crippen LogP contribution is -2.45. The van der Waals surface area contributed by atoms with Crippen LogP contribution in [0.3, 0.4) is 0 Å². The van der Waals surface area contributed by atoms with Crippen LogP contribution >= 0.6 is 12.2 Å². The third-order valence-electron chi connectivity index (χ3n) is 3.30. The van der Waals surface area contributed by atoms with Gasteiger partial charge < -0.3 is 25.2 Å². The number of nitrogens with one attached hydrogen (secondary N) is 2. The van der Waals surface area contributed by atoms with Crippen LogP contribution in [0, 0.1) is 0 Å². The van der Waals surface area contributed by atoms with Crippen LogP contribution in [0.1, 0.15) is 25.5 Å². The number of allylic oxidation sites excluding steroid dienone is 1. The van der Waals surface area contributed by atoms with Crippen molar-refractivity contribution in [3.05, 3.63) is 35.0 Å². The number of hydrogen-bond acceptors (Lipinski definition) is 5. The highest BCUT2D eigenvalue weighted by Crippen LogP contribution is 2.33. The fourth-order valence-corrected chi connectivity index (χ4v) is 2.58. The van der Waals surface area contributed by atoms with Gasteiger partial charge in [-0.2, -0.15) is 0 Å². The Morgan fingerprint density at radius 2 is 2.18 bits per heavy atom. The van der Waals surface area contributed by atoms with E-state index < -0.39 is 12.0 Å². The van der Waals surface area contributed by atoms with Gasteiger partial charge in [0.15, 0.2) is 16.6 Å². The van der Waals surface area contributed by atoms with Gasteiger partial charge in [-0.25, -0.2) is 4.79 Å². The fourth-order valence-electron chi connectivity index (χ4n) is 2.31. The Bertz CT molecular complexity index is 642. The number of phenols is 1. The van der Waals surface area contributed by atoms with Crippen molar-refractivity contribution in [2.24, 2.45) is 0 Å². The van der Waals surface area contributed by atoms with Crippen LogP contribution in [-0.2, 0) is 9.53 Å². The SMILES string of the molecule is CCOC(=O)C1=C(C)NC(=S)NC1c1ccc(OC)c(O)c1. The zero-order valence-corrected chi connectivity index (χ0v) is 13.4. The second-order valence-corrected chi connectivity index (χ2v) is 5.13. The van der Waals surface area contributed by atoms with Gasteiger partial charge in [-0.1, -0.05) is 6.07 Å². The van der Waals surface area contributed by atoms with Crippen LogP contribution in [0.15, 0.2) is 29.5 Å². The molecule has 1 aliphatic heterocycles. The highest BCUT2D eigenvalue weighted by atomic mass is 32.1. The van der Waals surface area contributed by atoms with Gasteiger partial charge in [0.25, 0.3) is 0 Å². The third kappa shape index (κ3) is 3.14. The number of carbonyl (C=O) groups excluding carboxylic acids is 1. The molecule has 0 amide bonds. The van der Waals surface area contributed by atoms with Crippen LogP contribution in [0.4, 0.5) is 0 Å². The number of phenolic OH excluding ortho intramolecular Hbond substituents is 1. The average Bonchev–Trinajstić information content (AvgIpc) is 2.46. The Labute approximate surface area is 134 Å². The number of aromatic hydroxyl groups is 1. The van der Waals surface area contributed by atoms with Crippen molar-refractivity contribution in [2.75, 3.05) is 13.7 Å². The van der Waals surface area contributed by atoms with Gasteiger partial charge in [-0.05, 0) is 43.8 Å². The molecule has 7 heteroatoms. The first-order chi connectivity index (χ1) is 10.5. The fraction of sp³-hybridized carbons (Fsp3) is 0.333. The Morgan fingerprint density at radius 3 is 2.77 bits per heavy atom. The van der Waals surface area contributed by atoms with Crippen LogP contribution < -0.4 is 15.4 Å².